The molecule has 1 nitrogen and oxygen atoms in total. The van der Waals surface area contributed by atoms with Crippen LogP contribution in [0.4, 0.5) is 0 Å². The number of hydrogen-bond acceptors (Lipinski definition) is 1. The average molecular weight is 597 g/mol. The molecule has 218 valence electrons. The van der Waals surface area contributed by atoms with Crippen molar-refractivity contribution in [3.05, 3.63) is 170 Å². The van der Waals surface area contributed by atoms with Crippen molar-refractivity contribution < 1.29 is 4.42 Å². The van der Waals surface area contributed by atoms with Crippen LogP contribution in [0.25, 0.3) is 98.4 Å². The van der Waals surface area contributed by atoms with Crippen molar-refractivity contribution in [1.82, 2.24) is 0 Å². The standard InChI is InChI=1S/C46H28O/c1-2-13-29(14-3-1)31-27-28-39(34-18-7-6-17-33(31)34)43-35-19-8-10-21-37(35)44(38-22-11-9-20-36(38)43)42-24-12-23-40-41-26-25-30-15-4-5-16-32(30)45(41)47-46(40)42/h1-28H. The molecule has 0 saturated heterocycles. The zero-order valence-corrected chi connectivity index (χ0v) is 25.6. The van der Waals surface area contributed by atoms with E-state index in [1.54, 1.807) is 0 Å². The van der Waals surface area contributed by atoms with Gasteiger partial charge in [0.1, 0.15) is 11.2 Å². The summed E-state index contributed by atoms with van der Waals surface area (Å²) in [7, 11) is 0. The predicted octanol–water partition coefficient (Wildman–Crippen LogP) is 13.2. The summed E-state index contributed by atoms with van der Waals surface area (Å²) in [5.41, 5.74) is 9.18. The van der Waals surface area contributed by atoms with Gasteiger partial charge in [0, 0.05) is 27.3 Å². The highest BCUT2D eigenvalue weighted by Crippen LogP contribution is 2.48. The summed E-state index contributed by atoms with van der Waals surface area (Å²) >= 11 is 0. The van der Waals surface area contributed by atoms with Crippen LogP contribution in [0.1, 0.15) is 0 Å². The van der Waals surface area contributed by atoms with Crippen LogP contribution in [0.3, 0.4) is 0 Å². The van der Waals surface area contributed by atoms with Crippen LogP contribution in [0.5, 0.6) is 0 Å². The molecule has 47 heavy (non-hydrogen) atoms. The molecule has 0 fully saturated rings. The Kier molecular flexibility index (Phi) is 5.64. The number of furan rings is 1. The van der Waals surface area contributed by atoms with Gasteiger partial charge in [-0.25, -0.2) is 0 Å². The zero-order valence-electron chi connectivity index (χ0n) is 25.6. The Balaban J connectivity index is 1.31. The Morgan fingerprint density at radius 2 is 0.745 bits per heavy atom. The second kappa shape index (κ2) is 10.2. The maximum atomic E-state index is 6.88. The summed E-state index contributed by atoms with van der Waals surface area (Å²) in [6.45, 7) is 0. The molecule has 0 radical (unpaired) electrons. The maximum absolute atomic E-state index is 6.88. The molecule has 0 amide bonds. The quantitative estimate of drug-likeness (QED) is 0.185. The summed E-state index contributed by atoms with van der Waals surface area (Å²) in [4.78, 5) is 0. The molecule has 0 spiro atoms. The van der Waals surface area contributed by atoms with E-state index in [4.69, 9.17) is 4.42 Å². The number of benzene rings is 9. The second-order valence-corrected chi connectivity index (χ2v) is 12.4. The number of fused-ring (bicyclic) bond motifs is 8. The lowest BCUT2D eigenvalue weighted by Gasteiger charge is -2.19. The Bertz CT molecular complexity index is 2780. The van der Waals surface area contributed by atoms with Gasteiger partial charge in [0.2, 0.25) is 0 Å². The molecular formula is C46H28O. The first-order valence-corrected chi connectivity index (χ1v) is 16.2. The molecule has 0 bridgehead atoms. The van der Waals surface area contributed by atoms with Gasteiger partial charge in [-0.3, -0.25) is 0 Å². The van der Waals surface area contributed by atoms with Gasteiger partial charge < -0.3 is 4.42 Å². The van der Waals surface area contributed by atoms with E-state index in [1.807, 2.05) is 0 Å². The third-order valence-electron chi connectivity index (χ3n) is 9.87. The van der Waals surface area contributed by atoms with E-state index in [-0.39, 0.29) is 0 Å². The van der Waals surface area contributed by atoms with Crippen LogP contribution in [-0.2, 0) is 0 Å². The Morgan fingerprint density at radius 3 is 1.43 bits per heavy atom. The third kappa shape index (κ3) is 3.84. The lowest BCUT2D eigenvalue weighted by atomic mass is 9.83. The van der Waals surface area contributed by atoms with Crippen LogP contribution in [0.2, 0.25) is 0 Å². The van der Waals surface area contributed by atoms with E-state index in [2.05, 4.69) is 170 Å². The Morgan fingerprint density at radius 1 is 0.255 bits per heavy atom. The first kappa shape index (κ1) is 26.1. The molecule has 0 N–H and O–H groups in total. The molecule has 10 aromatic rings. The van der Waals surface area contributed by atoms with Crippen molar-refractivity contribution in [2.75, 3.05) is 0 Å². The Hall–Kier alpha value is -6.18. The van der Waals surface area contributed by atoms with Crippen LogP contribution in [0.15, 0.2) is 174 Å². The first-order chi connectivity index (χ1) is 23.3. The molecule has 0 saturated carbocycles. The molecule has 9 aromatic carbocycles. The van der Waals surface area contributed by atoms with Crippen molar-refractivity contribution in [1.29, 1.82) is 0 Å². The predicted molar refractivity (Wildman–Crippen MR) is 200 cm³/mol. The summed E-state index contributed by atoms with van der Waals surface area (Å²) in [5, 5.41) is 12.0. The SMILES string of the molecule is c1ccc(-c2ccc(-c3c4ccccc4c(-c4cccc5c4oc4c6ccccc6ccc54)c4ccccc34)c3ccccc23)cc1. The first-order valence-electron chi connectivity index (χ1n) is 16.2. The molecule has 1 heterocycles. The van der Waals surface area contributed by atoms with Gasteiger partial charge in [-0.1, -0.05) is 164 Å². The second-order valence-electron chi connectivity index (χ2n) is 12.4. The lowest BCUT2D eigenvalue weighted by molar-refractivity contribution is 0.674. The molecule has 0 aliphatic heterocycles. The Labute approximate surface area is 271 Å². The molecule has 0 unspecified atom stereocenters. The minimum atomic E-state index is 0.930. The molecule has 10 rings (SSSR count). The van der Waals surface area contributed by atoms with Gasteiger partial charge in [-0.15, -0.1) is 0 Å². The van der Waals surface area contributed by atoms with E-state index in [1.165, 1.54) is 65.5 Å². The van der Waals surface area contributed by atoms with Crippen molar-refractivity contribution in [3.8, 4) is 33.4 Å². The van der Waals surface area contributed by atoms with E-state index in [0.29, 0.717) is 0 Å². The highest BCUT2D eigenvalue weighted by atomic mass is 16.3. The van der Waals surface area contributed by atoms with Crippen molar-refractivity contribution in [2.45, 2.75) is 0 Å². The molecule has 0 atom stereocenters. The van der Waals surface area contributed by atoms with Crippen LogP contribution in [0, 0.1) is 0 Å². The molecule has 1 heteroatoms. The minimum Gasteiger partial charge on any atom is -0.455 e. The minimum absolute atomic E-state index is 0.930. The highest BCUT2D eigenvalue weighted by Gasteiger charge is 2.22. The zero-order chi connectivity index (χ0) is 30.9. The van der Waals surface area contributed by atoms with Crippen molar-refractivity contribution >= 4 is 65.0 Å². The van der Waals surface area contributed by atoms with E-state index in [0.717, 1.165) is 32.9 Å². The van der Waals surface area contributed by atoms with Crippen molar-refractivity contribution in [2.24, 2.45) is 0 Å². The lowest BCUT2D eigenvalue weighted by Crippen LogP contribution is -1.92. The largest absolute Gasteiger partial charge is 0.455 e. The molecular weight excluding hydrogens is 569 g/mol. The molecule has 0 aliphatic rings. The van der Waals surface area contributed by atoms with Gasteiger partial charge >= 0.3 is 0 Å². The number of hydrogen-bond donors (Lipinski definition) is 0. The van der Waals surface area contributed by atoms with Gasteiger partial charge in [0.15, 0.2) is 0 Å². The highest BCUT2D eigenvalue weighted by molar-refractivity contribution is 6.27. The van der Waals surface area contributed by atoms with Gasteiger partial charge in [0.05, 0.1) is 0 Å². The maximum Gasteiger partial charge on any atom is 0.143 e. The van der Waals surface area contributed by atoms with E-state index < -0.39 is 0 Å². The van der Waals surface area contributed by atoms with Gasteiger partial charge in [-0.05, 0) is 66.0 Å². The fourth-order valence-corrected chi connectivity index (χ4v) is 7.82. The summed E-state index contributed by atoms with van der Waals surface area (Å²) < 4.78 is 6.88. The van der Waals surface area contributed by atoms with E-state index in [9.17, 15) is 0 Å². The summed E-state index contributed by atoms with van der Waals surface area (Å²) in [6.07, 6.45) is 0. The van der Waals surface area contributed by atoms with Crippen LogP contribution < -0.4 is 0 Å². The van der Waals surface area contributed by atoms with Crippen molar-refractivity contribution in [3.63, 3.8) is 0 Å². The topological polar surface area (TPSA) is 13.1 Å². The average Bonchev–Trinajstić information content (AvgIpc) is 3.54. The summed E-state index contributed by atoms with van der Waals surface area (Å²) in [5.74, 6) is 0. The van der Waals surface area contributed by atoms with Crippen LogP contribution in [-0.4, -0.2) is 0 Å². The van der Waals surface area contributed by atoms with E-state index >= 15 is 0 Å². The summed E-state index contributed by atoms with van der Waals surface area (Å²) in [6, 6.07) is 61.4. The fraction of sp³-hybridized carbons (Fsp3) is 0. The van der Waals surface area contributed by atoms with Crippen LogP contribution >= 0.6 is 0 Å². The molecule has 0 aliphatic carbocycles. The number of rotatable bonds is 3. The normalized spacial score (nSPS) is 11.8. The number of para-hydroxylation sites is 1. The fourth-order valence-electron chi connectivity index (χ4n) is 7.82. The molecule has 1 aromatic heterocycles. The monoisotopic (exact) mass is 596 g/mol. The smallest absolute Gasteiger partial charge is 0.143 e. The third-order valence-corrected chi connectivity index (χ3v) is 9.87. The van der Waals surface area contributed by atoms with Gasteiger partial charge in [0.25, 0.3) is 0 Å². The van der Waals surface area contributed by atoms with Gasteiger partial charge in [-0.2, -0.15) is 0 Å².